The van der Waals surface area contributed by atoms with Gasteiger partial charge in [-0.15, -0.1) is 0 Å². The number of likely N-dealkylation sites (N-methyl/N-ethyl adjacent to an activating group) is 1. The third-order valence-electron chi connectivity index (χ3n) is 7.43. The number of aryl methyl sites for hydroxylation is 3. The number of nitrogens with zero attached hydrogens (tertiary/aromatic N) is 4. The predicted molar refractivity (Wildman–Crippen MR) is 148 cm³/mol. The minimum Gasteiger partial charge on any atom is -0.457 e. The summed E-state index contributed by atoms with van der Waals surface area (Å²) >= 11 is 0. The standard InChI is InChI=1S/C30H35N5O5/c1-20-9-10-23-15-26(20)40-24-7-4-6-22(14-24)19-39-27-17-35(16-25(27)32-28(36)18-33(3)30(23)38)29(37)8-5-12-34-13-11-31-21(34)2/h4,6-7,9-11,13-15,25,27H,5,8,12,16-19H2,1-3H3,(H,32,36)/t25-,27-/m0/s1. The van der Waals surface area contributed by atoms with Gasteiger partial charge in [0.1, 0.15) is 17.3 Å². The van der Waals surface area contributed by atoms with Crippen LogP contribution in [0.3, 0.4) is 0 Å². The highest BCUT2D eigenvalue weighted by Crippen LogP contribution is 2.28. The van der Waals surface area contributed by atoms with Gasteiger partial charge in [0.2, 0.25) is 11.8 Å². The third kappa shape index (κ3) is 6.34. The van der Waals surface area contributed by atoms with E-state index in [1.54, 1.807) is 30.3 Å². The lowest BCUT2D eigenvalue weighted by atomic mass is 10.1. The molecule has 0 aliphatic carbocycles. The van der Waals surface area contributed by atoms with Gasteiger partial charge < -0.3 is 29.2 Å². The number of likely N-dealkylation sites (tertiary alicyclic amines) is 1. The van der Waals surface area contributed by atoms with Gasteiger partial charge in [-0.1, -0.05) is 18.2 Å². The molecule has 2 atom stereocenters. The van der Waals surface area contributed by atoms with E-state index in [2.05, 4.69) is 10.3 Å². The zero-order valence-electron chi connectivity index (χ0n) is 23.1. The maximum Gasteiger partial charge on any atom is 0.254 e. The summed E-state index contributed by atoms with van der Waals surface area (Å²) in [5.41, 5.74) is 2.22. The number of imidazole rings is 1. The summed E-state index contributed by atoms with van der Waals surface area (Å²) in [4.78, 5) is 46.6. The average molecular weight is 546 g/mol. The van der Waals surface area contributed by atoms with Crippen LogP contribution in [-0.4, -0.2) is 75.9 Å². The van der Waals surface area contributed by atoms with Crippen molar-refractivity contribution >= 4 is 17.7 Å². The second-order valence-corrected chi connectivity index (χ2v) is 10.5. The van der Waals surface area contributed by atoms with Crippen LogP contribution < -0.4 is 10.1 Å². The summed E-state index contributed by atoms with van der Waals surface area (Å²) in [5, 5.41) is 3.02. The first kappa shape index (κ1) is 27.4. The van der Waals surface area contributed by atoms with Crippen molar-refractivity contribution < 1.29 is 23.9 Å². The van der Waals surface area contributed by atoms with E-state index in [0.29, 0.717) is 56.1 Å². The van der Waals surface area contributed by atoms with Gasteiger partial charge in [0, 0.05) is 51.1 Å². The number of carbonyl (C=O) groups is 3. The monoisotopic (exact) mass is 545 g/mol. The third-order valence-corrected chi connectivity index (χ3v) is 7.43. The summed E-state index contributed by atoms with van der Waals surface area (Å²) in [6.45, 7) is 5.47. The van der Waals surface area contributed by atoms with Gasteiger partial charge in [0.05, 0.1) is 25.3 Å². The summed E-state index contributed by atoms with van der Waals surface area (Å²) in [5.74, 6) is 1.55. The van der Waals surface area contributed by atoms with Gasteiger partial charge >= 0.3 is 0 Å². The van der Waals surface area contributed by atoms with Crippen molar-refractivity contribution in [3.05, 3.63) is 77.4 Å². The Labute approximate surface area is 233 Å². The minimum atomic E-state index is -0.394. The SMILES string of the molecule is Cc1ccc2cc1Oc1cccc(c1)CO[C@H]1CN(C(=O)CCCn3ccnc3C)C[C@@H]1NC(=O)CN(C)C2=O. The summed E-state index contributed by atoms with van der Waals surface area (Å²) < 4.78 is 14.4. The lowest BCUT2D eigenvalue weighted by Gasteiger charge is -2.23. The second kappa shape index (κ2) is 11.9. The van der Waals surface area contributed by atoms with Crippen molar-refractivity contribution in [2.24, 2.45) is 0 Å². The van der Waals surface area contributed by atoms with Gasteiger partial charge in [0.25, 0.3) is 5.91 Å². The van der Waals surface area contributed by atoms with E-state index in [4.69, 9.17) is 9.47 Å². The predicted octanol–water partition coefficient (Wildman–Crippen LogP) is 3.07. The molecule has 1 saturated heterocycles. The van der Waals surface area contributed by atoms with Crippen LogP contribution in [0, 0.1) is 13.8 Å². The number of carbonyl (C=O) groups excluding carboxylic acids is 3. The molecule has 3 amide bonds. The molecular weight excluding hydrogens is 510 g/mol. The van der Waals surface area contributed by atoms with Crippen LogP contribution in [-0.2, 0) is 27.5 Å². The Morgan fingerprint density at radius 3 is 2.77 bits per heavy atom. The molecule has 0 unspecified atom stereocenters. The van der Waals surface area contributed by atoms with E-state index in [-0.39, 0.29) is 24.3 Å². The molecule has 2 aliphatic rings. The number of aromatic nitrogens is 2. The van der Waals surface area contributed by atoms with Crippen molar-refractivity contribution in [1.82, 2.24) is 24.7 Å². The van der Waals surface area contributed by atoms with Crippen LogP contribution in [0.2, 0.25) is 0 Å². The van der Waals surface area contributed by atoms with E-state index in [9.17, 15) is 14.4 Å². The molecule has 5 rings (SSSR count). The second-order valence-electron chi connectivity index (χ2n) is 10.5. The molecule has 40 heavy (non-hydrogen) atoms. The molecule has 0 radical (unpaired) electrons. The molecule has 2 aromatic carbocycles. The topological polar surface area (TPSA) is 106 Å². The molecule has 10 nitrogen and oxygen atoms in total. The molecule has 3 aromatic rings. The van der Waals surface area contributed by atoms with E-state index in [1.165, 1.54) is 4.90 Å². The fourth-order valence-corrected chi connectivity index (χ4v) is 5.12. The maximum atomic E-state index is 13.1. The molecule has 1 fully saturated rings. The number of amides is 3. The molecule has 4 bridgehead atoms. The largest absolute Gasteiger partial charge is 0.457 e. The highest BCUT2D eigenvalue weighted by atomic mass is 16.5. The number of ether oxygens (including phenoxy) is 2. The number of nitrogens with one attached hydrogen (secondary N) is 1. The van der Waals surface area contributed by atoms with Gasteiger partial charge in [-0.05, 0) is 55.7 Å². The van der Waals surface area contributed by atoms with Crippen molar-refractivity contribution in [2.45, 2.75) is 52.0 Å². The lowest BCUT2D eigenvalue weighted by Crippen LogP contribution is -2.48. The number of hydrogen-bond acceptors (Lipinski definition) is 6. The fourth-order valence-electron chi connectivity index (χ4n) is 5.12. The Balaban J connectivity index is 1.32. The highest BCUT2D eigenvalue weighted by molar-refractivity contribution is 5.96. The molecular formula is C30H35N5O5. The molecule has 0 saturated carbocycles. The Morgan fingerprint density at radius 1 is 1.12 bits per heavy atom. The summed E-state index contributed by atoms with van der Waals surface area (Å²) in [6.07, 6.45) is 4.35. The van der Waals surface area contributed by atoms with E-state index < -0.39 is 12.1 Å². The molecule has 210 valence electrons. The first-order chi connectivity index (χ1) is 19.3. The zero-order valence-corrected chi connectivity index (χ0v) is 23.1. The smallest absolute Gasteiger partial charge is 0.254 e. The van der Waals surface area contributed by atoms with Crippen LogP contribution in [0.4, 0.5) is 0 Å². The summed E-state index contributed by atoms with van der Waals surface area (Å²) in [7, 11) is 1.59. The lowest BCUT2D eigenvalue weighted by molar-refractivity contribution is -0.131. The van der Waals surface area contributed by atoms with Crippen LogP contribution in [0.25, 0.3) is 0 Å². The maximum absolute atomic E-state index is 13.1. The molecule has 3 heterocycles. The van der Waals surface area contributed by atoms with Crippen molar-refractivity contribution in [2.75, 3.05) is 26.7 Å². The van der Waals surface area contributed by atoms with Crippen LogP contribution in [0.15, 0.2) is 54.9 Å². The Morgan fingerprint density at radius 2 is 1.98 bits per heavy atom. The van der Waals surface area contributed by atoms with E-state index >= 15 is 0 Å². The van der Waals surface area contributed by atoms with Gasteiger partial charge in [0.15, 0.2) is 0 Å². The van der Waals surface area contributed by atoms with Crippen molar-refractivity contribution in [3.63, 3.8) is 0 Å². The van der Waals surface area contributed by atoms with Gasteiger partial charge in [-0.2, -0.15) is 0 Å². The quantitative estimate of drug-likeness (QED) is 0.540. The first-order valence-electron chi connectivity index (χ1n) is 13.6. The Hall–Kier alpha value is -4.18. The fraction of sp³-hybridized carbons (Fsp3) is 0.400. The number of hydrogen-bond donors (Lipinski definition) is 1. The van der Waals surface area contributed by atoms with Crippen LogP contribution >= 0.6 is 0 Å². The van der Waals surface area contributed by atoms with E-state index in [0.717, 1.165) is 17.0 Å². The molecule has 0 spiro atoms. The van der Waals surface area contributed by atoms with Gasteiger partial charge in [-0.3, -0.25) is 14.4 Å². The Bertz CT molecular complexity index is 1400. The van der Waals surface area contributed by atoms with Crippen LogP contribution in [0.5, 0.6) is 11.5 Å². The first-order valence-corrected chi connectivity index (χ1v) is 13.6. The van der Waals surface area contributed by atoms with Crippen molar-refractivity contribution in [3.8, 4) is 11.5 Å². The Kier molecular flexibility index (Phi) is 8.16. The molecule has 10 heteroatoms. The van der Waals surface area contributed by atoms with Gasteiger partial charge in [-0.25, -0.2) is 4.98 Å². The normalized spacial score (nSPS) is 19.7. The molecule has 1 N–H and O–H groups in total. The number of rotatable bonds is 4. The van der Waals surface area contributed by atoms with E-state index in [1.807, 2.05) is 54.9 Å². The molecule has 2 aliphatic heterocycles. The summed E-state index contributed by atoms with van der Waals surface area (Å²) in [6, 6.07) is 12.5. The van der Waals surface area contributed by atoms with Crippen molar-refractivity contribution in [1.29, 1.82) is 0 Å². The number of benzene rings is 2. The number of fused-ring (bicyclic) bond motifs is 5. The minimum absolute atomic E-state index is 0.0198. The van der Waals surface area contributed by atoms with Crippen LogP contribution in [0.1, 0.15) is 40.2 Å². The average Bonchev–Trinajstić information content (AvgIpc) is 3.53. The zero-order chi connectivity index (χ0) is 28.2. The highest BCUT2D eigenvalue weighted by Gasteiger charge is 2.37. The molecule has 1 aromatic heterocycles.